The molecule has 1 aliphatic heterocycles. The SMILES string of the molecule is CNC1CCCN(c2cccc(C)c2)C1=O. The molecule has 2 rings (SSSR count). The van der Waals surface area contributed by atoms with Gasteiger partial charge in [-0.3, -0.25) is 4.79 Å². The van der Waals surface area contributed by atoms with E-state index < -0.39 is 0 Å². The average Bonchev–Trinajstić information content (AvgIpc) is 2.29. The first-order valence-electron chi connectivity index (χ1n) is 5.77. The van der Waals surface area contributed by atoms with Crippen LogP contribution in [0.25, 0.3) is 0 Å². The van der Waals surface area contributed by atoms with Crippen molar-refractivity contribution < 1.29 is 4.79 Å². The molecule has 1 aromatic rings. The van der Waals surface area contributed by atoms with Crippen LogP contribution in [0.2, 0.25) is 0 Å². The Morgan fingerprint density at radius 2 is 2.25 bits per heavy atom. The number of hydrogen-bond donors (Lipinski definition) is 1. The number of aryl methyl sites for hydroxylation is 1. The molecule has 0 aromatic heterocycles. The summed E-state index contributed by atoms with van der Waals surface area (Å²) in [4.78, 5) is 14.0. The Morgan fingerprint density at radius 1 is 1.44 bits per heavy atom. The number of carbonyl (C=O) groups excluding carboxylic acids is 1. The van der Waals surface area contributed by atoms with Crippen molar-refractivity contribution in [2.45, 2.75) is 25.8 Å². The zero-order valence-corrected chi connectivity index (χ0v) is 9.86. The van der Waals surface area contributed by atoms with Gasteiger partial charge in [0, 0.05) is 12.2 Å². The highest BCUT2D eigenvalue weighted by atomic mass is 16.2. The Balaban J connectivity index is 2.23. The van der Waals surface area contributed by atoms with Gasteiger partial charge in [-0.2, -0.15) is 0 Å². The number of carbonyl (C=O) groups is 1. The Labute approximate surface area is 96.5 Å². The van der Waals surface area contributed by atoms with Gasteiger partial charge in [-0.25, -0.2) is 0 Å². The predicted molar refractivity (Wildman–Crippen MR) is 65.6 cm³/mol. The molecular weight excluding hydrogens is 200 g/mol. The minimum absolute atomic E-state index is 0.0192. The number of amides is 1. The molecule has 0 bridgehead atoms. The van der Waals surface area contributed by atoms with Gasteiger partial charge in [0.05, 0.1) is 6.04 Å². The van der Waals surface area contributed by atoms with Crippen molar-refractivity contribution in [2.75, 3.05) is 18.5 Å². The molecule has 0 spiro atoms. The van der Waals surface area contributed by atoms with Gasteiger partial charge in [0.1, 0.15) is 0 Å². The van der Waals surface area contributed by atoms with Crippen LogP contribution in [0.15, 0.2) is 24.3 Å². The summed E-state index contributed by atoms with van der Waals surface area (Å²) in [6.45, 7) is 2.88. The molecule has 1 N–H and O–H groups in total. The van der Waals surface area contributed by atoms with Crippen LogP contribution in [0.5, 0.6) is 0 Å². The molecule has 1 aromatic carbocycles. The molecule has 1 fully saturated rings. The molecule has 3 nitrogen and oxygen atoms in total. The van der Waals surface area contributed by atoms with E-state index in [1.165, 1.54) is 5.56 Å². The van der Waals surface area contributed by atoms with E-state index in [9.17, 15) is 4.79 Å². The van der Waals surface area contributed by atoms with Gasteiger partial charge in [0.15, 0.2) is 0 Å². The van der Waals surface area contributed by atoms with E-state index in [2.05, 4.69) is 11.4 Å². The lowest BCUT2D eigenvalue weighted by Crippen LogP contribution is -2.49. The smallest absolute Gasteiger partial charge is 0.244 e. The second-order valence-corrected chi connectivity index (χ2v) is 4.31. The largest absolute Gasteiger partial charge is 0.311 e. The molecule has 1 heterocycles. The highest BCUT2D eigenvalue weighted by Crippen LogP contribution is 2.21. The zero-order chi connectivity index (χ0) is 11.5. The highest BCUT2D eigenvalue weighted by Gasteiger charge is 2.28. The zero-order valence-electron chi connectivity index (χ0n) is 9.86. The van der Waals surface area contributed by atoms with E-state index in [4.69, 9.17) is 0 Å². The van der Waals surface area contributed by atoms with Gasteiger partial charge in [-0.1, -0.05) is 12.1 Å². The lowest BCUT2D eigenvalue weighted by Gasteiger charge is -2.32. The molecule has 1 amide bonds. The topological polar surface area (TPSA) is 32.3 Å². The number of rotatable bonds is 2. The summed E-state index contributed by atoms with van der Waals surface area (Å²) < 4.78 is 0. The molecule has 1 unspecified atom stereocenters. The van der Waals surface area contributed by atoms with Crippen molar-refractivity contribution in [2.24, 2.45) is 0 Å². The summed E-state index contributed by atoms with van der Waals surface area (Å²) in [5.41, 5.74) is 2.21. The fourth-order valence-corrected chi connectivity index (χ4v) is 2.20. The van der Waals surface area contributed by atoms with Crippen molar-refractivity contribution in [1.29, 1.82) is 0 Å². The normalized spacial score (nSPS) is 21.2. The molecule has 0 radical (unpaired) electrons. The summed E-state index contributed by atoms with van der Waals surface area (Å²) in [5, 5.41) is 3.08. The average molecular weight is 218 g/mol. The Kier molecular flexibility index (Phi) is 3.25. The number of piperidine rings is 1. The van der Waals surface area contributed by atoms with Crippen LogP contribution in [0, 0.1) is 6.92 Å². The van der Waals surface area contributed by atoms with Crippen LogP contribution in [-0.4, -0.2) is 25.5 Å². The Hall–Kier alpha value is -1.35. The van der Waals surface area contributed by atoms with Crippen LogP contribution < -0.4 is 10.2 Å². The predicted octanol–water partition coefficient (Wildman–Crippen LogP) is 1.71. The number of likely N-dealkylation sites (N-methyl/N-ethyl adjacent to an activating group) is 1. The maximum absolute atomic E-state index is 12.1. The van der Waals surface area contributed by atoms with Crippen LogP contribution in [0.3, 0.4) is 0 Å². The van der Waals surface area contributed by atoms with Crippen LogP contribution >= 0.6 is 0 Å². The molecule has 1 saturated heterocycles. The van der Waals surface area contributed by atoms with Gasteiger partial charge in [0.25, 0.3) is 0 Å². The third-order valence-corrected chi connectivity index (χ3v) is 3.10. The summed E-state index contributed by atoms with van der Waals surface area (Å²) in [5.74, 6) is 0.194. The molecule has 1 aliphatic rings. The first-order valence-corrected chi connectivity index (χ1v) is 5.77. The lowest BCUT2D eigenvalue weighted by molar-refractivity contribution is -0.121. The number of nitrogens with one attached hydrogen (secondary N) is 1. The quantitative estimate of drug-likeness (QED) is 0.819. The monoisotopic (exact) mass is 218 g/mol. The van der Waals surface area contributed by atoms with E-state index in [1.807, 2.05) is 37.1 Å². The maximum atomic E-state index is 12.1. The molecular formula is C13H18N2O. The van der Waals surface area contributed by atoms with Crippen molar-refractivity contribution in [3.63, 3.8) is 0 Å². The van der Waals surface area contributed by atoms with Gasteiger partial charge in [-0.15, -0.1) is 0 Å². The van der Waals surface area contributed by atoms with Crippen LogP contribution in [0.1, 0.15) is 18.4 Å². The van der Waals surface area contributed by atoms with Crippen LogP contribution in [-0.2, 0) is 4.79 Å². The van der Waals surface area contributed by atoms with E-state index in [1.54, 1.807) is 0 Å². The number of anilines is 1. The van der Waals surface area contributed by atoms with E-state index in [-0.39, 0.29) is 11.9 Å². The Bertz CT molecular complexity index is 389. The standard InChI is InChI=1S/C13H18N2O/c1-10-5-3-6-11(9-10)15-8-4-7-12(14-2)13(15)16/h3,5-6,9,12,14H,4,7-8H2,1-2H3. The molecule has 1 atom stereocenters. The summed E-state index contributed by atoms with van der Waals surface area (Å²) >= 11 is 0. The fraction of sp³-hybridized carbons (Fsp3) is 0.462. The number of hydrogen-bond acceptors (Lipinski definition) is 2. The number of benzene rings is 1. The van der Waals surface area contributed by atoms with E-state index >= 15 is 0 Å². The van der Waals surface area contributed by atoms with Crippen molar-refractivity contribution in [1.82, 2.24) is 5.32 Å². The molecule has 86 valence electrons. The molecule has 3 heteroatoms. The maximum Gasteiger partial charge on any atom is 0.244 e. The molecule has 16 heavy (non-hydrogen) atoms. The molecule has 0 saturated carbocycles. The lowest BCUT2D eigenvalue weighted by atomic mass is 10.0. The van der Waals surface area contributed by atoms with Gasteiger partial charge >= 0.3 is 0 Å². The van der Waals surface area contributed by atoms with Crippen molar-refractivity contribution in [3.8, 4) is 0 Å². The fourth-order valence-electron chi connectivity index (χ4n) is 2.20. The van der Waals surface area contributed by atoms with Crippen molar-refractivity contribution in [3.05, 3.63) is 29.8 Å². The van der Waals surface area contributed by atoms with Gasteiger partial charge in [-0.05, 0) is 44.5 Å². The van der Waals surface area contributed by atoms with Crippen LogP contribution in [0.4, 0.5) is 5.69 Å². The van der Waals surface area contributed by atoms with Gasteiger partial charge in [0.2, 0.25) is 5.91 Å². The second-order valence-electron chi connectivity index (χ2n) is 4.31. The second kappa shape index (κ2) is 4.66. The third-order valence-electron chi connectivity index (χ3n) is 3.10. The van der Waals surface area contributed by atoms with Gasteiger partial charge < -0.3 is 10.2 Å². The van der Waals surface area contributed by atoms with Crippen molar-refractivity contribution >= 4 is 11.6 Å². The third kappa shape index (κ3) is 2.09. The van der Waals surface area contributed by atoms with E-state index in [0.717, 1.165) is 25.1 Å². The summed E-state index contributed by atoms with van der Waals surface area (Å²) in [6, 6.07) is 8.10. The minimum Gasteiger partial charge on any atom is -0.311 e. The number of nitrogens with zero attached hydrogens (tertiary/aromatic N) is 1. The first kappa shape index (κ1) is 11.1. The highest BCUT2D eigenvalue weighted by molar-refractivity contribution is 5.97. The Morgan fingerprint density at radius 3 is 2.94 bits per heavy atom. The van der Waals surface area contributed by atoms with E-state index in [0.29, 0.717) is 0 Å². The summed E-state index contributed by atoms with van der Waals surface area (Å²) in [7, 11) is 1.85. The molecule has 0 aliphatic carbocycles. The minimum atomic E-state index is -0.0192. The first-order chi connectivity index (χ1) is 7.72. The summed E-state index contributed by atoms with van der Waals surface area (Å²) in [6.07, 6.45) is 2.00.